The first-order valence-corrected chi connectivity index (χ1v) is 43.3. The average Bonchev–Trinajstić information content (AvgIpc) is 0.709. The molecular formula is C90H181. The highest BCUT2D eigenvalue weighted by atomic mass is 14.8. The van der Waals surface area contributed by atoms with E-state index in [1.165, 1.54) is 334 Å². The Morgan fingerprint density at radius 1 is 0.267 bits per heavy atom. The summed E-state index contributed by atoms with van der Waals surface area (Å²) >= 11 is 0. The van der Waals surface area contributed by atoms with Gasteiger partial charge in [0, 0.05) is 0 Å². The van der Waals surface area contributed by atoms with E-state index >= 15 is 0 Å². The predicted molar refractivity (Wildman–Crippen MR) is 416 cm³/mol. The summed E-state index contributed by atoms with van der Waals surface area (Å²) in [5, 5.41) is 0. The molecule has 1 radical (unpaired) electrons. The van der Waals surface area contributed by atoms with E-state index in [-0.39, 0.29) is 21.7 Å². The van der Waals surface area contributed by atoms with Crippen LogP contribution in [0.25, 0.3) is 0 Å². The highest BCUT2D eigenvalue weighted by Crippen LogP contribution is 2.79. The molecule has 0 aliphatic carbocycles. The van der Waals surface area contributed by atoms with Gasteiger partial charge in [-0.1, -0.05) is 428 Å². The zero-order chi connectivity index (χ0) is 67.7. The average molecular weight is 1260 g/mol. The maximum Gasteiger partial charge on any atom is -0.0140 e. The molecule has 0 heteroatoms. The lowest BCUT2D eigenvalue weighted by Crippen LogP contribution is -2.68. The van der Waals surface area contributed by atoms with Crippen LogP contribution in [0.1, 0.15) is 486 Å². The van der Waals surface area contributed by atoms with Crippen LogP contribution in [0.3, 0.4) is 0 Å². The molecule has 0 bridgehead atoms. The smallest absolute Gasteiger partial charge is 0.0140 e. The molecule has 0 aromatic heterocycles. The standard InChI is InChI=1S/C90H181/c1-23-39-45-60-80(52-30-8)69-79(22)90(78(21)59-44-28-6,74-84(56-34-12)64-49-43-27-5)89(71-77(20)51-29-7,73-83(55-33-11)63-48-42-26-4)88(68-65-76(19)37-15,72-82(54-32-10)62-47-41-25-3)87(66-36-14,67-50-58-75(17)18)86(85(38-16)57-35-13)70-81(53-31-9)61-46-40-24-2/h75-85H,23-74H2,1-22H3. The van der Waals surface area contributed by atoms with Crippen LogP contribution >= 0.6 is 0 Å². The molecule has 0 nitrogen and oxygen atoms in total. The summed E-state index contributed by atoms with van der Waals surface area (Å²) in [6.45, 7) is 58.7. The molecule has 0 spiro atoms. The molecule has 0 rings (SSSR count). The summed E-state index contributed by atoms with van der Waals surface area (Å²) in [6.07, 6.45) is 73.5. The molecule has 0 heterocycles. The molecule has 0 amide bonds. The van der Waals surface area contributed by atoms with Crippen molar-refractivity contribution < 1.29 is 0 Å². The fourth-order valence-corrected chi connectivity index (χ4v) is 21.3. The van der Waals surface area contributed by atoms with Gasteiger partial charge in [0.05, 0.1) is 0 Å². The summed E-state index contributed by atoms with van der Waals surface area (Å²) in [4.78, 5) is 0. The molecule has 0 saturated heterocycles. The lowest BCUT2D eigenvalue weighted by Gasteiger charge is -2.74. The second kappa shape index (κ2) is 54.9. The maximum absolute atomic E-state index is 3.11. The second-order valence-corrected chi connectivity index (χ2v) is 33.6. The van der Waals surface area contributed by atoms with Gasteiger partial charge in [-0.05, 0) is 150 Å². The Balaban J connectivity index is 12.1. The number of unbranched alkanes of at least 4 members (excludes halogenated alkanes) is 11. The van der Waals surface area contributed by atoms with Crippen LogP contribution in [-0.2, 0) is 0 Å². The van der Waals surface area contributed by atoms with E-state index in [2.05, 4.69) is 158 Å². The van der Waals surface area contributed by atoms with Crippen molar-refractivity contribution in [3.63, 3.8) is 0 Å². The minimum absolute atomic E-state index is 0.162. The van der Waals surface area contributed by atoms with Crippen molar-refractivity contribution in [1.82, 2.24) is 0 Å². The van der Waals surface area contributed by atoms with Crippen LogP contribution < -0.4 is 0 Å². The fourth-order valence-electron chi connectivity index (χ4n) is 21.3. The van der Waals surface area contributed by atoms with Crippen molar-refractivity contribution in [3.05, 3.63) is 5.92 Å². The first-order valence-electron chi connectivity index (χ1n) is 43.3. The lowest BCUT2D eigenvalue weighted by molar-refractivity contribution is -0.247. The van der Waals surface area contributed by atoms with E-state index in [0.717, 1.165) is 41.4 Å². The molecule has 0 saturated carbocycles. The zero-order valence-corrected chi connectivity index (χ0v) is 67.6. The third kappa shape index (κ3) is 30.4. The molecular weight excluding hydrogens is 1080 g/mol. The maximum atomic E-state index is 3.11. The van der Waals surface area contributed by atoms with Gasteiger partial charge in [0.1, 0.15) is 0 Å². The zero-order valence-electron chi connectivity index (χ0n) is 67.6. The normalized spacial score (nSPS) is 18.5. The Labute approximate surface area is 575 Å². The van der Waals surface area contributed by atoms with E-state index in [0.29, 0.717) is 23.7 Å². The summed E-state index contributed by atoms with van der Waals surface area (Å²) < 4.78 is 0. The highest BCUT2D eigenvalue weighted by molar-refractivity contribution is 5.26. The van der Waals surface area contributed by atoms with Crippen LogP contribution in [0, 0.1) is 92.7 Å². The third-order valence-electron chi connectivity index (χ3n) is 25.7. The lowest BCUT2D eigenvalue weighted by atomic mass is 9.29. The Morgan fingerprint density at radius 2 is 0.689 bits per heavy atom. The highest BCUT2D eigenvalue weighted by Gasteiger charge is 2.72. The Morgan fingerprint density at radius 3 is 1.11 bits per heavy atom. The van der Waals surface area contributed by atoms with Crippen LogP contribution in [0.15, 0.2) is 0 Å². The van der Waals surface area contributed by atoms with Crippen molar-refractivity contribution >= 4 is 0 Å². The summed E-state index contributed by atoms with van der Waals surface area (Å²) in [5.74, 6) is 10.5. The van der Waals surface area contributed by atoms with Gasteiger partial charge in [-0.2, -0.15) is 0 Å². The van der Waals surface area contributed by atoms with E-state index in [4.69, 9.17) is 0 Å². The molecule has 0 aliphatic heterocycles. The first kappa shape index (κ1) is 90.0. The van der Waals surface area contributed by atoms with E-state index in [9.17, 15) is 0 Å². The Hall–Kier alpha value is 0. The van der Waals surface area contributed by atoms with Crippen molar-refractivity contribution in [2.45, 2.75) is 486 Å². The number of hydrogen-bond donors (Lipinski definition) is 0. The van der Waals surface area contributed by atoms with Gasteiger partial charge in [-0.3, -0.25) is 0 Å². The van der Waals surface area contributed by atoms with Crippen LogP contribution in [-0.4, -0.2) is 0 Å². The molecule has 0 aromatic rings. The van der Waals surface area contributed by atoms with Gasteiger partial charge < -0.3 is 0 Å². The van der Waals surface area contributed by atoms with E-state index in [1.807, 2.05) is 0 Å². The topological polar surface area (TPSA) is 0 Å². The monoisotopic (exact) mass is 1260 g/mol. The van der Waals surface area contributed by atoms with Crippen LogP contribution in [0.2, 0.25) is 0 Å². The van der Waals surface area contributed by atoms with Crippen molar-refractivity contribution in [3.8, 4) is 0 Å². The number of hydrogen-bond acceptors (Lipinski definition) is 0. The van der Waals surface area contributed by atoms with Crippen LogP contribution in [0.5, 0.6) is 0 Å². The van der Waals surface area contributed by atoms with Gasteiger partial charge >= 0.3 is 0 Å². The molecule has 14 atom stereocenters. The minimum atomic E-state index is 0.162. The van der Waals surface area contributed by atoms with Gasteiger partial charge in [-0.25, -0.2) is 0 Å². The first-order chi connectivity index (χ1) is 43.4. The summed E-state index contributed by atoms with van der Waals surface area (Å²) in [7, 11) is 0. The third-order valence-corrected chi connectivity index (χ3v) is 25.7. The van der Waals surface area contributed by atoms with Gasteiger partial charge in [-0.15, -0.1) is 0 Å². The second-order valence-electron chi connectivity index (χ2n) is 33.6. The van der Waals surface area contributed by atoms with Crippen molar-refractivity contribution in [1.29, 1.82) is 0 Å². The largest absolute Gasteiger partial charge is 0.0654 e. The molecule has 14 unspecified atom stereocenters. The Bertz CT molecular complexity index is 1520. The van der Waals surface area contributed by atoms with Crippen molar-refractivity contribution in [2.24, 2.45) is 86.8 Å². The molecule has 541 valence electrons. The molecule has 90 heavy (non-hydrogen) atoms. The minimum Gasteiger partial charge on any atom is -0.0654 e. The summed E-state index contributed by atoms with van der Waals surface area (Å²) in [5.41, 5.74) is 0.703. The van der Waals surface area contributed by atoms with Gasteiger partial charge in [0.25, 0.3) is 0 Å². The van der Waals surface area contributed by atoms with Gasteiger partial charge in [0.15, 0.2) is 0 Å². The Kier molecular flexibility index (Phi) is 54.9. The van der Waals surface area contributed by atoms with Gasteiger partial charge in [0.2, 0.25) is 0 Å². The molecule has 0 aliphatic rings. The van der Waals surface area contributed by atoms with Crippen LogP contribution in [0.4, 0.5) is 0 Å². The SMILES string of the molecule is CCCCCC(CCC)C[C](C(CC)CCC)C(CCC)(CCCC(C)C)C(CCC(C)CC)(CC(CCC)CCCCC)C(CC(C)CCC)(CC(CCC)CCCCC)C(CC(CCC)CCCCC)(C(C)CCCC)C(C)CC(CCC)CCCCC. The molecule has 0 fully saturated rings. The van der Waals surface area contributed by atoms with E-state index < -0.39 is 0 Å². The van der Waals surface area contributed by atoms with Crippen molar-refractivity contribution in [2.75, 3.05) is 0 Å². The quantitative estimate of drug-likeness (QED) is 0.0533. The molecule has 0 aromatic carbocycles. The van der Waals surface area contributed by atoms with E-state index in [1.54, 1.807) is 0 Å². The molecule has 0 N–H and O–H groups in total. The fraction of sp³-hybridized carbons (Fsp3) is 0.989. The summed E-state index contributed by atoms with van der Waals surface area (Å²) in [6, 6.07) is 0. The number of rotatable bonds is 67. The predicted octanol–water partition coefficient (Wildman–Crippen LogP) is 33.0.